The van der Waals surface area contributed by atoms with Gasteiger partial charge in [0, 0.05) is 28.8 Å². The number of halogens is 1. The summed E-state index contributed by atoms with van der Waals surface area (Å²) in [7, 11) is 0. The number of amides is 1. The highest BCUT2D eigenvalue weighted by Crippen LogP contribution is 2.31. The number of aryl methyl sites for hydroxylation is 3. The molecule has 148 valence electrons. The average Bonchev–Trinajstić information content (AvgIpc) is 2.95. The number of fused-ring (bicyclic) bond motifs is 2. The Balaban J connectivity index is 1.64. The number of hydrogen-bond acceptors (Lipinski definition) is 4. The third-order valence-corrected chi connectivity index (χ3v) is 5.33. The molecule has 0 spiro atoms. The maximum Gasteiger partial charge on any atom is 0.339 e. The van der Waals surface area contributed by atoms with Crippen molar-refractivity contribution in [2.45, 2.75) is 33.6 Å². The maximum absolute atomic E-state index is 13.7. The van der Waals surface area contributed by atoms with E-state index in [1.54, 1.807) is 18.2 Å². The van der Waals surface area contributed by atoms with Gasteiger partial charge in [-0.1, -0.05) is 12.1 Å². The van der Waals surface area contributed by atoms with Crippen LogP contribution in [0.4, 0.5) is 10.1 Å². The van der Waals surface area contributed by atoms with E-state index in [-0.39, 0.29) is 24.4 Å². The van der Waals surface area contributed by atoms with Crippen molar-refractivity contribution in [3.8, 4) is 0 Å². The highest BCUT2D eigenvalue weighted by Gasteiger charge is 2.16. The molecule has 1 N–H and O–H groups in total. The third kappa shape index (κ3) is 3.42. The first-order valence-electron chi connectivity index (χ1n) is 9.35. The van der Waals surface area contributed by atoms with Gasteiger partial charge in [-0.2, -0.15) is 0 Å². The topological polar surface area (TPSA) is 72.5 Å². The second-order valence-corrected chi connectivity index (χ2v) is 7.15. The Morgan fingerprint density at radius 2 is 1.69 bits per heavy atom. The van der Waals surface area contributed by atoms with Crippen molar-refractivity contribution in [2.24, 2.45) is 0 Å². The minimum absolute atomic E-state index is 0.0392. The highest BCUT2D eigenvalue weighted by atomic mass is 19.1. The van der Waals surface area contributed by atoms with Gasteiger partial charge in [0.15, 0.2) is 0 Å². The fourth-order valence-electron chi connectivity index (χ4n) is 3.53. The Morgan fingerprint density at radius 1 is 1.00 bits per heavy atom. The van der Waals surface area contributed by atoms with Gasteiger partial charge in [0.1, 0.15) is 22.7 Å². The second-order valence-electron chi connectivity index (χ2n) is 7.15. The molecule has 0 aliphatic heterocycles. The van der Waals surface area contributed by atoms with Gasteiger partial charge in [-0.15, -0.1) is 0 Å². The first-order valence-corrected chi connectivity index (χ1v) is 9.35. The predicted octanol–water partition coefficient (Wildman–Crippen LogP) is 5.17. The maximum atomic E-state index is 13.7. The molecule has 0 unspecified atom stereocenters. The molecular formula is C23H20FNO4. The number of hydrogen-bond donors (Lipinski definition) is 1. The summed E-state index contributed by atoms with van der Waals surface area (Å²) in [4.78, 5) is 24.7. The molecule has 0 bridgehead atoms. The SMILES string of the molecule is Cc1oc2cc3oc(=O)c(CCC(=O)Nc4ccccc4F)c(C)c3cc2c1C. The largest absolute Gasteiger partial charge is 0.461 e. The van der Waals surface area contributed by atoms with Crippen LogP contribution >= 0.6 is 0 Å². The molecule has 29 heavy (non-hydrogen) atoms. The standard InChI is InChI=1S/C23H20FNO4/c1-12-14(3)28-20-11-21-17(10-16(12)20)13(2)15(23(27)29-21)8-9-22(26)25-19-7-5-4-6-18(19)24/h4-7,10-11H,8-9H2,1-3H3,(H,25,26). The Kier molecular flexibility index (Phi) is 4.70. The molecule has 6 heteroatoms. The number of nitrogens with one attached hydrogen (secondary N) is 1. The van der Waals surface area contributed by atoms with Crippen molar-refractivity contribution in [1.29, 1.82) is 0 Å². The summed E-state index contributed by atoms with van der Waals surface area (Å²) in [6, 6.07) is 9.64. The molecule has 2 aromatic heterocycles. The van der Waals surface area contributed by atoms with E-state index in [1.807, 2.05) is 26.8 Å². The Labute approximate surface area is 166 Å². The molecule has 4 aromatic rings. The van der Waals surface area contributed by atoms with E-state index in [0.29, 0.717) is 16.7 Å². The number of furan rings is 1. The van der Waals surface area contributed by atoms with Gasteiger partial charge >= 0.3 is 5.63 Å². The summed E-state index contributed by atoms with van der Waals surface area (Å²) in [5, 5.41) is 4.31. The second kappa shape index (κ2) is 7.20. The van der Waals surface area contributed by atoms with Crippen molar-refractivity contribution in [3.63, 3.8) is 0 Å². The van der Waals surface area contributed by atoms with Gasteiger partial charge in [0.2, 0.25) is 5.91 Å². The molecule has 0 saturated carbocycles. The van der Waals surface area contributed by atoms with Gasteiger partial charge in [-0.25, -0.2) is 9.18 Å². The molecule has 0 fully saturated rings. The van der Waals surface area contributed by atoms with E-state index < -0.39 is 11.4 Å². The van der Waals surface area contributed by atoms with Crippen molar-refractivity contribution >= 4 is 33.5 Å². The summed E-state index contributed by atoms with van der Waals surface area (Å²) < 4.78 is 24.9. The van der Waals surface area contributed by atoms with Crippen molar-refractivity contribution in [1.82, 2.24) is 0 Å². The zero-order valence-corrected chi connectivity index (χ0v) is 16.4. The zero-order valence-electron chi connectivity index (χ0n) is 16.4. The van der Waals surface area contributed by atoms with E-state index in [4.69, 9.17) is 8.83 Å². The smallest absolute Gasteiger partial charge is 0.339 e. The summed E-state index contributed by atoms with van der Waals surface area (Å²) in [5.74, 6) is -0.0526. The van der Waals surface area contributed by atoms with Crippen LogP contribution in [0.1, 0.15) is 28.9 Å². The lowest BCUT2D eigenvalue weighted by Crippen LogP contribution is -2.17. The first kappa shape index (κ1) is 18.9. The summed E-state index contributed by atoms with van der Waals surface area (Å²) in [6.07, 6.45) is 0.239. The molecule has 1 amide bonds. The molecule has 0 saturated heterocycles. The summed E-state index contributed by atoms with van der Waals surface area (Å²) in [6.45, 7) is 5.72. The molecule has 0 atom stereocenters. The number of para-hydroxylation sites is 1. The van der Waals surface area contributed by atoms with E-state index in [0.717, 1.165) is 27.7 Å². The first-order chi connectivity index (χ1) is 13.8. The minimum Gasteiger partial charge on any atom is -0.461 e. The predicted molar refractivity (Wildman–Crippen MR) is 110 cm³/mol. The van der Waals surface area contributed by atoms with Gasteiger partial charge in [-0.05, 0) is 56.5 Å². The minimum atomic E-state index is -0.503. The van der Waals surface area contributed by atoms with Crippen LogP contribution in [-0.2, 0) is 11.2 Å². The summed E-state index contributed by atoms with van der Waals surface area (Å²) in [5.41, 5.74) is 3.02. The molecule has 0 radical (unpaired) electrons. The van der Waals surface area contributed by atoms with Crippen LogP contribution < -0.4 is 10.9 Å². The highest BCUT2D eigenvalue weighted by molar-refractivity contribution is 5.97. The van der Waals surface area contributed by atoms with Crippen LogP contribution in [0.2, 0.25) is 0 Å². The Morgan fingerprint density at radius 3 is 2.45 bits per heavy atom. The molecule has 4 rings (SSSR count). The fraction of sp³-hybridized carbons (Fsp3) is 0.217. The molecule has 5 nitrogen and oxygen atoms in total. The van der Waals surface area contributed by atoms with Crippen molar-refractivity contribution in [2.75, 3.05) is 5.32 Å². The number of carbonyl (C=O) groups excluding carboxylic acids is 1. The average molecular weight is 393 g/mol. The molecule has 0 aliphatic carbocycles. The van der Waals surface area contributed by atoms with E-state index >= 15 is 0 Å². The van der Waals surface area contributed by atoms with Crippen LogP contribution in [0.15, 0.2) is 50.0 Å². The van der Waals surface area contributed by atoms with Crippen molar-refractivity contribution < 1.29 is 18.0 Å². The van der Waals surface area contributed by atoms with E-state index in [9.17, 15) is 14.0 Å². The van der Waals surface area contributed by atoms with Gasteiger partial charge in [0.25, 0.3) is 0 Å². The number of anilines is 1. The van der Waals surface area contributed by atoms with E-state index in [2.05, 4.69) is 5.32 Å². The lowest BCUT2D eigenvalue weighted by molar-refractivity contribution is -0.116. The summed E-state index contributed by atoms with van der Waals surface area (Å²) >= 11 is 0. The zero-order chi connectivity index (χ0) is 20.7. The fourth-order valence-corrected chi connectivity index (χ4v) is 3.53. The number of carbonyl (C=O) groups is 1. The van der Waals surface area contributed by atoms with E-state index in [1.165, 1.54) is 12.1 Å². The van der Waals surface area contributed by atoms with Gasteiger partial charge in [0.05, 0.1) is 5.69 Å². The molecule has 2 aromatic carbocycles. The third-order valence-electron chi connectivity index (χ3n) is 5.33. The van der Waals surface area contributed by atoms with Crippen LogP contribution in [0, 0.1) is 26.6 Å². The van der Waals surface area contributed by atoms with Crippen LogP contribution in [0.5, 0.6) is 0 Å². The van der Waals surface area contributed by atoms with Crippen LogP contribution in [0.3, 0.4) is 0 Å². The lowest BCUT2D eigenvalue weighted by atomic mass is 10.0. The molecule has 2 heterocycles. The number of rotatable bonds is 4. The molecule has 0 aliphatic rings. The molecular weight excluding hydrogens is 373 g/mol. The lowest BCUT2D eigenvalue weighted by Gasteiger charge is -2.09. The van der Waals surface area contributed by atoms with Crippen molar-refractivity contribution in [3.05, 3.63) is 75.1 Å². The number of benzene rings is 2. The monoisotopic (exact) mass is 393 g/mol. The normalized spacial score (nSPS) is 11.3. The Hall–Kier alpha value is -3.41. The Bertz CT molecular complexity index is 1320. The quantitative estimate of drug-likeness (QED) is 0.485. The van der Waals surface area contributed by atoms with Gasteiger partial charge < -0.3 is 14.2 Å². The van der Waals surface area contributed by atoms with Gasteiger partial charge in [-0.3, -0.25) is 4.79 Å². The van der Waals surface area contributed by atoms with Crippen LogP contribution in [-0.4, -0.2) is 5.91 Å². The van der Waals surface area contributed by atoms with Crippen LogP contribution in [0.25, 0.3) is 21.9 Å².